The number of nitrogens with zero attached hydrogens (tertiary/aromatic N) is 3. The van der Waals surface area contributed by atoms with Gasteiger partial charge >= 0.3 is 0 Å². The highest BCUT2D eigenvalue weighted by atomic mass is 16.5. The second-order valence-electron chi connectivity index (χ2n) is 7.24. The summed E-state index contributed by atoms with van der Waals surface area (Å²) in [4.78, 5) is 11.2. The molecule has 0 radical (unpaired) electrons. The number of nitrogens with one attached hydrogen (secondary N) is 1. The fourth-order valence-corrected chi connectivity index (χ4v) is 3.84. The average molecular weight is 354 g/mol. The number of rotatable bonds is 5. The van der Waals surface area contributed by atoms with Crippen molar-refractivity contribution in [1.29, 1.82) is 0 Å². The van der Waals surface area contributed by atoms with Crippen molar-refractivity contribution >= 4 is 5.82 Å². The van der Waals surface area contributed by atoms with Crippen LogP contribution in [0.25, 0.3) is 0 Å². The van der Waals surface area contributed by atoms with E-state index in [1.807, 2.05) is 42.7 Å². The Bertz CT molecular complexity index is 685. The first-order valence-electron chi connectivity index (χ1n) is 9.30. The van der Waals surface area contributed by atoms with Crippen LogP contribution < -0.4 is 5.32 Å². The molecule has 0 unspecified atom stereocenters. The first-order chi connectivity index (χ1) is 12.8. The van der Waals surface area contributed by atoms with Crippen molar-refractivity contribution in [2.24, 2.45) is 5.92 Å². The second kappa shape index (κ2) is 8.12. The van der Waals surface area contributed by atoms with Gasteiger partial charge in [0.25, 0.3) is 0 Å². The quantitative estimate of drug-likeness (QED) is 0.888. The molecule has 1 spiro atoms. The van der Waals surface area contributed by atoms with Crippen LogP contribution in [-0.2, 0) is 16.0 Å². The van der Waals surface area contributed by atoms with E-state index in [0.717, 1.165) is 57.3 Å². The molecule has 2 aromatic heterocycles. The largest absolute Gasteiger partial charge is 0.377 e. The third-order valence-electron chi connectivity index (χ3n) is 5.06. The van der Waals surface area contributed by atoms with E-state index in [1.165, 1.54) is 0 Å². The molecule has 0 bridgehead atoms. The van der Waals surface area contributed by atoms with Crippen LogP contribution in [0.5, 0.6) is 0 Å². The van der Waals surface area contributed by atoms with Crippen molar-refractivity contribution < 1.29 is 9.47 Å². The predicted molar refractivity (Wildman–Crippen MR) is 99.8 cm³/mol. The van der Waals surface area contributed by atoms with Crippen molar-refractivity contribution in [2.75, 3.05) is 44.8 Å². The van der Waals surface area contributed by atoms with Gasteiger partial charge < -0.3 is 14.8 Å². The lowest BCUT2D eigenvalue weighted by molar-refractivity contribution is -0.0563. The molecule has 6 heteroatoms. The maximum atomic E-state index is 6.28. The van der Waals surface area contributed by atoms with Gasteiger partial charge in [-0.15, -0.1) is 0 Å². The zero-order valence-corrected chi connectivity index (χ0v) is 15.0. The van der Waals surface area contributed by atoms with Crippen LogP contribution in [0.4, 0.5) is 5.82 Å². The molecule has 2 fully saturated rings. The monoisotopic (exact) mass is 354 g/mol. The Morgan fingerprint density at radius 2 is 2.04 bits per heavy atom. The zero-order valence-electron chi connectivity index (χ0n) is 15.0. The maximum Gasteiger partial charge on any atom is 0.125 e. The molecule has 0 aliphatic carbocycles. The Balaban J connectivity index is 1.34. The van der Waals surface area contributed by atoms with Crippen molar-refractivity contribution in [1.82, 2.24) is 14.9 Å². The Hall–Kier alpha value is -2.02. The van der Waals surface area contributed by atoms with Crippen LogP contribution >= 0.6 is 0 Å². The topological polar surface area (TPSA) is 59.5 Å². The standard InChI is InChI=1S/C20H26N4O2/c1-3-7-21-18(5-1)13-24-9-10-25-16-20(15-24)11-17(14-26-20)12-23-19-6-2-4-8-22-19/h1-8,17H,9-16H2,(H,22,23)/t17-,20+/m0/s1. The third-order valence-corrected chi connectivity index (χ3v) is 5.06. The van der Waals surface area contributed by atoms with E-state index in [0.29, 0.717) is 12.5 Å². The zero-order chi connectivity index (χ0) is 17.7. The molecule has 4 rings (SSSR count). The molecule has 2 atom stereocenters. The van der Waals surface area contributed by atoms with Gasteiger partial charge in [0.2, 0.25) is 0 Å². The molecule has 26 heavy (non-hydrogen) atoms. The van der Waals surface area contributed by atoms with Crippen LogP contribution in [0.3, 0.4) is 0 Å². The molecule has 0 aromatic carbocycles. The van der Waals surface area contributed by atoms with E-state index < -0.39 is 0 Å². The molecular weight excluding hydrogens is 328 g/mol. The Morgan fingerprint density at radius 1 is 1.15 bits per heavy atom. The maximum absolute atomic E-state index is 6.28. The van der Waals surface area contributed by atoms with E-state index in [9.17, 15) is 0 Å². The molecule has 138 valence electrons. The summed E-state index contributed by atoms with van der Waals surface area (Å²) in [5.41, 5.74) is 0.887. The van der Waals surface area contributed by atoms with E-state index in [-0.39, 0.29) is 5.60 Å². The summed E-state index contributed by atoms with van der Waals surface area (Å²) < 4.78 is 12.2. The minimum atomic E-state index is -0.207. The number of anilines is 1. The van der Waals surface area contributed by atoms with Crippen LogP contribution in [0.1, 0.15) is 12.1 Å². The van der Waals surface area contributed by atoms with Gasteiger partial charge in [0.05, 0.1) is 25.5 Å². The number of aromatic nitrogens is 2. The first-order valence-corrected chi connectivity index (χ1v) is 9.30. The number of ether oxygens (including phenoxy) is 2. The Kier molecular flexibility index (Phi) is 5.43. The van der Waals surface area contributed by atoms with E-state index in [2.05, 4.69) is 26.3 Å². The summed E-state index contributed by atoms with van der Waals surface area (Å²) in [6, 6.07) is 12.0. The molecule has 2 aliphatic heterocycles. The van der Waals surface area contributed by atoms with Gasteiger partial charge in [-0.3, -0.25) is 9.88 Å². The number of hydrogen-bond acceptors (Lipinski definition) is 6. The molecule has 0 saturated carbocycles. The number of hydrogen-bond donors (Lipinski definition) is 1. The second-order valence-corrected chi connectivity index (χ2v) is 7.24. The lowest BCUT2D eigenvalue weighted by Gasteiger charge is -2.31. The molecule has 6 nitrogen and oxygen atoms in total. The Morgan fingerprint density at radius 3 is 2.85 bits per heavy atom. The van der Waals surface area contributed by atoms with Gasteiger partial charge in [-0.25, -0.2) is 4.98 Å². The lowest BCUT2D eigenvalue weighted by atomic mass is 9.94. The van der Waals surface area contributed by atoms with Crippen LogP contribution in [0.2, 0.25) is 0 Å². The molecule has 2 aromatic rings. The normalized spacial score (nSPS) is 26.7. The van der Waals surface area contributed by atoms with Gasteiger partial charge in [-0.2, -0.15) is 0 Å². The molecule has 2 aliphatic rings. The summed E-state index contributed by atoms with van der Waals surface area (Å²) in [6.45, 7) is 5.70. The summed E-state index contributed by atoms with van der Waals surface area (Å²) in [5.74, 6) is 1.39. The van der Waals surface area contributed by atoms with Crippen LogP contribution in [-0.4, -0.2) is 59.9 Å². The van der Waals surface area contributed by atoms with E-state index >= 15 is 0 Å². The molecule has 1 N–H and O–H groups in total. The van der Waals surface area contributed by atoms with Gasteiger partial charge in [0.1, 0.15) is 11.4 Å². The molecule has 2 saturated heterocycles. The molecule has 4 heterocycles. The highest BCUT2D eigenvalue weighted by Gasteiger charge is 2.43. The minimum absolute atomic E-state index is 0.207. The highest BCUT2D eigenvalue weighted by molar-refractivity contribution is 5.33. The lowest BCUT2D eigenvalue weighted by Crippen LogP contribution is -2.44. The predicted octanol–water partition coefficient (Wildman–Crippen LogP) is 2.20. The third kappa shape index (κ3) is 4.38. The fourth-order valence-electron chi connectivity index (χ4n) is 3.84. The molecule has 0 amide bonds. The number of pyridine rings is 2. The fraction of sp³-hybridized carbons (Fsp3) is 0.500. The highest BCUT2D eigenvalue weighted by Crippen LogP contribution is 2.33. The van der Waals surface area contributed by atoms with E-state index in [1.54, 1.807) is 0 Å². The Labute approximate surface area is 154 Å². The van der Waals surface area contributed by atoms with Crippen molar-refractivity contribution in [3.63, 3.8) is 0 Å². The van der Waals surface area contributed by atoms with Crippen LogP contribution in [0, 0.1) is 5.92 Å². The first kappa shape index (κ1) is 17.4. The summed E-state index contributed by atoms with van der Waals surface area (Å²) in [5, 5.41) is 3.42. The van der Waals surface area contributed by atoms with Gasteiger partial charge in [0, 0.05) is 44.5 Å². The summed E-state index contributed by atoms with van der Waals surface area (Å²) in [7, 11) is 0. The minimum Gasteiger partial charge on any atom is -0.377 e. The summed E-state index contributed by atoms with van der Waals surface area (Å²) >= 11 is 0. The van der Waals surface area contributed by atoms with Crippen LogP contribution in [0.15, 0.2) is 48.8 Å². The van der Waals surface area contributed by atoms with Crippen molar-refractivity contribution in [3.05, 3.63) is 54.5 Å². The van der Waals surface area contributed by atoms with E-state index in [4.69, 9.17) is 9.47 Å². The van der Waals surface area contributed by atoms with Crippen molar-refractivity contribution in [3.8, 4) is 0 Å². The summed E-state index contributed by atoms with van der Waals surface area (Å²) in [6.07, 6.45) is 4.67. The smallest absolute Gasteiger partial charge is 0.125 e. The SMILES string of the molecule is c1ccc(CN2CCOC[C@@]3(C[C@@H](CNc4ccccn4)CO3)C2)nc1. The average Bonchev–Trinajstić information content (AvgIpc) is 2.97. The van der Waals surface area contributed by atoms with Gasteiger partial charge in [-0.05, 0) is 30.7 Å². The van der Waals surface area contributed by atoms with Gasteiger partial charge in [-0.1, -0.05) is 12.1 Å². The van der Waals surface area contributed by atoms with Crippen molar-refractivity contribution in [2.45, 2.75) is 18.6 Å². The molecular formula is C20H26N4O2. The van der Waals surface area contributed by atoms with Gasteiger partial charge in [0.15, 0.2) is 0 Å².